The predicted octanol–water partition coefficient (Wildman–Crippen LogP) is -5.44. The first-order valence-corrected chi connectivity index (χ1v) is 31.2. The average molecular weight is 1280 g/mol. The van der Waals surface area contributed by atoms with Gasteiger partial charge in [-0.2, -0.15) is 0 Å². The third-order valence-electron chi connectivity index (χ3n) is 20.4. The normalized spacial score (nSPS) is 50.4. The average Bonchev–Trinajstić information content (AvgIpc) is 1.69. The molecule has 494 valence electrons. The Morgan fingerprint density at radius 1 is 0.621 bits per heavy atom. The van der Waals surface area contributed by atoms with Gasteiger partial charge in [0, 0.05) is 13.0 Å². The number of aliphatic hydroxyl groups excluding tert-OH is 10. The van der Waals surface area contributed by atoms with E-state index < -0.39 is 216 Å². The Morgan fingerprint density at radius 2 is 1.14 bits per heavy atom. The zero-order valence-electron chi connectivity index (χ0n) is 51.0. The Hall–Kier alpha value is -0.900. The topological polar surface area (TPSA) is 428 Å². The molecule has 28 nitrogen and oxygen atoms in total. The zero-order valence-corrected chi connectivity index (χ0v) is 53.8. The number of fused-ring (bicyclic) bond motifs is 5. The number of rotatable bonds is 17. The van der Waals surface area contributed by atoms with Crippen molar-refractivity contribution in [3.8, 4) is 0 Å². The molecule has 12 N–H and O–H groups in total. The SMILES string of the molecule is CO[C@@H]1[C@@H](O)[C@H](O[C@H]2[C@H](O[C@@H]3[C@@H](O)[C@H](O[C@H]4C[C@@H]5C(=CC[C@@]6(C)[C@H]5CC[C@@H]6[C@@](C)(O)C(=O)/C=C/C(C)(C)O)[C@@]5(C)CC[C@H](OS(=O)(=O)[O-])C[C@H]45)O[C@H](C)[C@H]3O)OC[C@@H](O[C@@H]3O[C@H](C)[C@@H](O)[C@H](O)[C@H]3O[C@@H]3O[C@H](C)[C@H](O)[C@H](O)[C@H]3O)[C@@H]2O)O[C@H](C)[C@H]1O.[Na+]. The Morgan fingerprint density at radius 3 is 1.74 bits per heavy atom. The van der Waals surface area contributed by atoms with Gasteiger partial charge in [0.05, 0.1) is 48.8 Å². The number of aliphatic hydroxyl groups is 12. The van der Waals surface area contributed by atoms with Crippen molar-refractivity contribution in [3.05, 3.63) is 23.8 Å². The summed E-state index contributed by atoms with van der Waals surface area (Å²) in [5.41, 5.74) is -3.37. The maximum Gasteiger partial charge on any atom is 1.00 e. The van der Waals surface area contributed by atoms with Gasteiger partial charge < -0.3 is 118 Å². The molecule has 0 unspecified atom stereocenters. The molecule has 0 radical (unpaired) electrons. The molecule has 0 aromatic heterocycles. The van der Waals surface area contributed by atoms with E-state index in [9.17, 15) is 79.0 Å². The Kier molecular flexibility index (Phi) is 22.7. The summed E-state index contributed by atoms with van der Waals surface area (Å²) in [4.78, 5) is 13.7. The van der Waals surface area contributed by atoms with Crippen LogP contribution in [0.1, 0.15) is 107 Å². The number of ether oxygens (including phenoxy) is 11. The van der Waals surface area contributed by atoms with Gasteiger partial charge in [-0.05, 0) is 128 Å². The first-order valence-electron chi connectivity index (χ1n) is 29.9. The van der Waals surface area contributed by atoms with Crippen LogP contribution in [0.2, 0.25) is 0 Å². The number of methoxy groups -OCH3 is 1. The number of ketones is 1. The number of carbonyl (C=O) groups is 1. The van der Waals surface area contributed by atoms with Crippen molar-refractivity contribution >= 4 is 16.2 Å². The van der Waals surface area contributed by atoms with Crippen molar-refractivity contribution in [2.75, 3.05) is 13.7 Å². The molecule has 30 heteroatoms. The van der Waals surface area contributed by atoms with E-state index in [0.29, 0.717) is 25.7 Å². The predicted molar refractivity (Wildman–Crippen MR) is 289 cm³/mol. The first-order chi connectivity index (χ1) is 40.0. The van der Waals surface area contributed by atoms with Crippen LogP contribution in [0.4, 0.5) is 0 Å². The number of allylic oxidation sites excluding steroid dienone is 2. The molecule has 9 rings (SSSR count). The van der Waals surface area contributed by atoms with Crippen LogP contribution in [0.5, 0.6) is 0 Å². The van der Waals surface area contributed by atoms with E-state index >= 15 is 0 Å². The molecule has 3 saturated carbocycles. The molecular formula is C57H91NaO28S. The second-order valence-corrected chi connectivity index (χ2v) is 27.7. The van der Waals surface area contributed by atoms with Crippen LogP contribution in [-0.4, -0.2) is 265 Å². The standard InChI is InChI=1S/C57H92O28S.Na/c1-22-35(59)40(64)42(66)49(76-22)84-48-41(65)36(60)23(2)79-53(48)81-32-21-75-52(47(39(32)63)83-51-43(67)45(74-10)37(61)24(3)78-51)82-46-38(62)25(4)77-50(44(46)68)80-31-20-27-28-11-12-33(57(9,70)34(58)15-16-54(5,6)69)56(28,8)18-14-29(27)55(7)17-13-26(19-30(31)55)85-86(71,72)73;/h14-16,22-28,30-33,35-53,59-70H,11-13,17-21H2,1-10H3,(H,71,72,73);/q;+1/p-1/b16-15+;/t22-,23-,24-,25-,26+,27+,28+,30-,31+,32-,33+,35+,36-,37-,38-,39+,40+,41+,42-,43-,44-,45+,46+,47-,48-,49+,50+,51+,52+,53+,55-,56+,57-;/m1./s1. The van der Waals surface area contributed by atoms with E-state index in [1.807, 2.05) is 6.92 Å². The van der Waals surface area contributed by atoms with Crippen LogP contribution in [0, 0.1) is 34.5 Å². The molecule has 0 aromatic rings. The maximum absolute atomic E-state index is 13.7. The molecule has 9 aliphatic rings. The zero-order chi connectivity index (χ0) is 63.2. The second-order valence-electron chi connectivity index (χ2n) is 26.7. The maximum atomic E-state index is 13.7. The van der Waals surface area contributed by atoms with Gasteiger partial charge in [-0.25, -0.2) is 8.42 Å². The molecule has 33 atom stereocenters. The van der Waals surface area contributed by atoms with Gasteiger partial charge in [-0.1, -0.05) is 31.6 Å². The molecule has 0 spiro atoms. The minimum Gasteiger partial charge on any atom is -0.726 e. The summed E-state index contributed by atoms with van der Waals surface area (Å²) in [6, 6.07) is 0. The van der Waals surface area contributed by atoms with E-state index in [4.69, 9.17) is 56.3 Å². The van der Waals surface area contributed by atoms with Gasteiger partial charge in [0.1, 0.15) is 97.2 Å². The molecule has 87 heavy (non-hydrogen) atoms. The summed E-state index contributed by atoms with van der Waals surface area (Å²) in [5.74, 6) is -1.97. The molecule has 5 aliphatic heterocycles. The Labute approximate surface area is 528 Å². The van der Waals surface area contributed by atoms with E-state index in [1.54, 1.807) is 0 Å². The molecule has 4 aliphatic carbocycles. The number of hydrogen-bond acceptors (Lipinski definition) is 28. The van der Waals surface area contributed by atoms with Crippen molar-refractivity contribution in [3.63, 3.8) is 0 Å². The van der Waals surface area contributed by atoms with E-state index in [1.165, 1.54) is 67.7 Å². The summed E-state index contributed by atoms with van der Waals surface area (Å²) < 4.78 is 108. The van der Waals surface area contributed by atoms with E-state index in [0.717, 1.165) is 5.57 Å². The van der Waals surface area contributed by atoms with Gasteiger partial charge in [0.15, 0.2) is 37.2 Å². The molecule has 8 fully saturated rings. The Bertz CT molecular complexity index is 2520. The minimum atomic E-state index is -5.15. The fourth-order valence-corrected chi connectivity index (χ4v) is 15.9. The van der Waals surface area contributed by atoms with Crippen molar-refractivity contribution < 1.29 is 165 Å². The van der Waals surface area contributed by atoms with Crippen LogP contribution >= 0.6 is 0 Å². The summed E-state index contributed by atoms with van der Waals surface area (Å²) in [5, 5.41) is 135. The fourth-order valence-electron chi connectivity index (χ4n) is 15.4. The third-order valence-corrected chi connectivity index (χ3v) is 20.9. The monoisotopic (exact) mass is 1280 g/mol. The van der Waals surface area contributed by atoms with Gasteiger partial charge in [-0.3, -0.25) is 8.98 Å². The van der Waals surface area contributed by atoms with Crippen LogP contribution < -0.4 is 29.6 Å². The molecule has 0 aromatic carbocycles. The molecule has 0 bridgehead atoms. The van der Waals surface area contributed by atoms with Crippen molar-refractivity contribution in [1.29, 1.82) is 0 Å². The van der Waals surface area contributed by atoms with Gasteiger partial charge in [0.25, 0.3) is 0 Å². The van der Waals surface area contributed by atoms with Crippen LogP contribution in [0.3, 0.4) is 0 Å². The summed E-state index contributed by atoms with van der Waals surface area (Å²) in [6.45, 7) is 13.8. The minimum absolute atomic E-state index is 0. The Balaban J connectivity index is 0.00000982. The van der Waals surface area contributed by atoms with Gasteiger partial charge in [0.2, 0.25) is 10.4 Å². The molecule has 5 heterocycles. The number of carbonyl (C=O) groups excluding carboxylic acids is 1. The summed E-state index contributed by atoms with van der Waals surface area (Å²) in [7, 11) is -3.91. The molecule has 0 amide bonds. The summed E-state index contributed by atoms with van der Waals surface area (Å²) >= 11 is 0. The quantitative estimate of drug-likeness (QED) is 0.0213. The first kappa shape index (κ1) is 71.9. The van der Waals surface area contributed by atoms with Crippen LogP contribution in [0.15, 0.2) is 23.8 Å². The largest absolute Gasteiger partial charge is 1.00 e. The molecular weight excluding hydrogens is 1190 g/mol. The van der Waals surface area contributed by atoms with E-state index in [-0.39, 0.29) is 60.7 Å². The number of hydrogen-bond donors (Lipinski definition) is 12. The van der Waals surface area contributed by atoms with Crippen molar-refractivity contribution in [2.45, 2.75) is 278 Å². The molecule has 5 saturated heterocycles. The fraction of sp³-hybridized carbons (Fsp3) is 0.912. The van der Waals surface area contributed by atoms with Gasteiger partial charge in [-0.15, -0.1) is 0 Å². The summed E-state index contributed by atoms with van der Waals surface area (Å²) in [6.07, 6.45) is -32.8. The van der Waals surface area contributed by atoms with Crippen molar-refractivity contribution in [2.24, 2.45) is 34.5 Å². The van der Waals surface area contributed by atoms with Crippen molar-refractivity contribution in [1.82, 2.24) is 0 Å². The van der Waals surface area contributed by atoms with Crippen LogP contribution in [0.25, 0.3) is 0 Å². The smallest absolute Gasteiger partial charge is 0.726 e. The third kappa shape index (κ3) is 14.4. The van der Waals surface area contributed by atoms with Gasteiger partial charge >= 0.3 is 29.6 Å². The second kappa shape index (κ2) is 27.4. The van der Waals surface area contributed by atoms with Crippen LogP contribution in [-0.2, 0) is 71.5 Å². The van der Waals surface area contributed by atoms with E-state index in [2.05, 4.69) is 13.0 Å².